The molecule has 0 fully saturated rings. The lowest BCUT2D eigenvalue weighted by Gasteiger charge is -2.31. The number of phenols is 2. The van der Waals surface area contributed by atoms with E-state index >= 15 is 0 Å². The molecule has 0 aromatic heterocycles. The highest BCUT2D eigenvalue weighted by molar-refractivity contribution is 5.85. The Hall–Kier alpha value is -2.70. The normalized spacial score (nSPS) is 13.2. The van der Waals surface area contributed by atoms with E-state index in [1.54, 1.807) is 12.4 Å². The Morgan fingerprint density at radius 2 is 1.00 bits per heavy atom. The van der Waals surface area contributed by atoms with Crippen LogP contribution in [0.2, 0.25) is 0 Å². The van der Waals surface area contributed by atoms with Gasteiger partial charge in [-0.15, -0.1) is 0 Å². The lowest BCUT2D eigenvalue weighted by atomic mass is 9.84. The standard InChI is InChI=1S/C37H60N4O2/c1-13-38-22-28-18-32(36(7,8)9)20-30(34(28)42)24-40(26(3)4)16-15-17-41(27(5)6)25-31-21-33(37(10,11)12)19-29(35(31)43)23-39-14-2/h18-23,26-27,42-43H,13-17,24-25H2,1-12H3/b38-22+,39-23+. The molecule has 6 heteroatoms. The highest BCUT2D eigenvalue weighted by Crippen LogP contribution is 2.33. The van der Waals surface area contributed by atoms with Crippen molar-refractivity contribution in [1.29, 1.82) is 0 Å². The Kier molecular flexibility index (Phi) is 13.5. The van der Waals surface area contributed by atoms with Gasteiger partial charge in [0.05, 0.1) is 0 Å². The van der Waals surface area contributed by atoms with Crippen molar-refractivity contribution in [1.82, 2.24) is 9.80 Å². The molecule has 0 radical (unpaired) electrons. The second kappa shape index (κ2) is 15.9. The molecule has 0 bridgehead atoms. The van der Waals surface area contributed by atoms with Gasteiger partial charge < -0.3 is 10.2 Å². The molecule has 2 aromatic carbocycles. The summed E-state index contributed by atoms with van der Waals surface area (Å²) in [5.74, 6) is 0.660. The van der Waals surface area contributed by atoms with Crippen LogP contribution in [0.4, 0.5) is 0 Å². The van der Waals surface area contributed by atoms with Gasteiger partial charge in [0, 0.05) is 72.9 Å². The van der Waals surface area contributed by atoms with Crippen molar-refractivity contribution in [2.75, 3.05) is 26.2 Å². The molecule has 0 atom stereocenters. The van der Waals surface area contributed by atoms with Crippen LogP contribution in [0.5, 0.6) is 11.5 Å². The van der Waals surface area contributed by atoms with Crippen molar-refractivity contribution in [3.05, 3.63) is 57.6 Å². The molecule has 0 saturated carbocycles. The van der Waals surface area contributed by atoms with Crippen LogP contribution in [-0.2, 0) is 23.9 Å². The molecule has 240 valence electrons. The Balaban J connectivity index is 2.29. The summed E-state index contributed by atoms with van der Waals surface area (Å²) in [5, 5.41) is 22.4. The van der Waals surface area contributed by atoms with Crippen LogP contribution < -0.4 is 0 Å². The van der Waals surface area contributed by atoms with Gasteiger partial charge in [-0.2, -0.15) is 0 Å². The van der Waals surface area contributed by atoms with E-state index in [0.29, 0.717) is 49.8 Å². The first kappa shape index (κ1) is 36.5. The number of aromatic hydroxyl groups is 2. The Labute approximate surface area is 263 Å². The molecule has 43 heavy (non-hydrogen) atoms. The first-order chi connectivity index (χ1) is 20.0. The van der Waals surface area contributed by atoms with E-state index in [1.807, 2.05) is 13.8 Å². The molecule has 0 heterocycles. The van der Waals surface area contributed by atoms with Crippen molar-refractivity contribution in [2.45, 2.75) is 126 Å². The van der Waals surface area contributed by atoms with Crippen LogP contribution >= 0.6 is 0 Å². The molecule has 2 rings (SSSR count). The lowest BCUT2D eigenvalue weighted by Crippen LogP contribution is -2.36. The first-order valence-electron chi connectivity index (χ1n) is 16.2. The first-order valence-corrected chi connectivity index (χ1v) is 16.2. The van der Waals surface area contributed by atoms with Crippen LogP contribution in [0.1, 0.15) is 123 Å². The van der Waals surface area contributed by atoms with E-state index in [-0.39, 0.29) is 10.8 Å². The number of hydrogen-bond acceptors (Lipinski definition) is 6. The zero-order valence-corrected chi connectivity index (χ0v) is 29.3. The van der Waals surface area contributed by atoms with Crippen LogP contribution in [0.15, 0.2) is 34.3 Å². The molecule has 2 aromatic rings. The molecule has 0 spiro atoms. The van der Waals surface area contributed by atoms with Crippen LogP contribution in [0.3, 0.4) is 0 Å². The third-order valence-electron chi connectivity index (χ3n) is 8.09. The zero-order chi connectivity index (χ0) is 32.5. The minimum Gasteiger partial charge on any atom is -0.507 e. The molecule has 0 unspecified atom stereocenters. The maximum atomic E-state index is 11.2. The number of benzene rings is 2. The molecule has 0 saturated heterocycles. The number of hydrogen-bond donors (Lipinski definition) is 2. The zero-order valence-electron chi connectivity index (χ0n) is 29.3. The highest BCUT2D eigenvalue weighted by atomic mass is 16.3. The fourth-order valence-corrected chi connectivity index (χ4v) is 5.08. The molecule has 6 nitrogen and oxygen atoms in total. The summed E-state index contributed by atoms with van der Waals surface area (Å²) >= 11 is 0. The van der Waals surface area contributed by atoms with Gasteiger partial charge in [-0.05, 0) is 95.1 Å². The van der Waals surface area contributed by atoms with Crippen molar-refractivity contribution in [3.63, 3.8) is 0 Å². The summed E-state index contributed by atoms with van der Waals surface area (Å²) in [6.45, 7) is 30.7. The second-order valence-corrected chi connectivity index (χ2v) is 14.4. The molecule has 2 N–H and O–H groups in total. The van der Waals surface area contributed by atoms with Gasteiger partial charge in [0.25, 0.3) is 0 Å². The molecule has 0 aliphatic heterocycles. The van der Waals surface area contributed by atoms with Crippen molar-refractivity contribution in [2.24, 2.45) is 9.98 Å². The topological polar surface area (TPSA) is 71.7 Å². The van der Waals surface area contributed by atoms with Gasteiger partial charge in [0.15, 0.2) is 0 Å². The van der Waals surface area contributed by atoms with E-state index in [1.165, 1.54) is 11.1 Å². The summed E-state index contributed by atoms with van der Waals surface area (Å²) < 4.78 is 0. The third kappa shape index (κ3) is 10.8. The summed E-state index contributed by atoms with van der Waals surface area (Å²) in [7, 11) is 0. The molecule has 0 aliphatic rings. The van der Waals surface area contributed by atoms with Gasteiger partial charge in [-0.1, -0.05) is 53.7 Å². The fraction of sp³-hybridized carbons (Fsp3) is 0.622. The van der Waals surface area contributed by atoms with E-state index in [4.69, 9.17) is 0 Å². The van der Waals surface area contributed by atoms with E-state index in [2.05, 4.69) is 113 Å². The van der Waals surface area contributed by atoms with Gasteiger partial charge in [-0.3, -0.25) is 19.8 Å². The minimum absolute atomic E-state index is 0.0320. The summed E-state index contributed by atoms with van der Waals surface area (Å²) in [6, 6.07) is 9.12. The third-order valence-corrected chi connectivity index (χ3v) is 8.09. The Morgan fingerprint density at radius 3 is 1.28 bits per heavy atom. The quantitative estimate of drug-likeness (QED) is 0.218. The van der Waals surface area contributed by atoms with Crippen LogP contribution in [0, 0.1) is 0 Å². The van der Waals surface area contributed by atoms with Crippen LogP contribution in [0.25, 0.3) is 0 Å². The van der Waals surface area contributed by atoms with Gasteiger partial charge in [0.2, 0.25) is 0 Å². The number of aliphatic imine (C=N–C) groups is 2. The van der Waals surface area contributed by atoms with Gasteiger partial charge in [0.1, 0.15) is 11.5 Å². The van der Waals surface area contributed by atoms with E-state index in [9.17, 15) is 10.2 Å². The number of nitrogens with zero attached hydrogens (tertiary/aromatic N) is 4. The number of phenolic OH excluding ortho intramolecular Hbond substituents is 2. The van der Waals surface area contributed by atoms with Crippen LogP contribution in [-0.4, -0.2) is 70.7 Å². The molecular formula is C37H60N4O2. The van der Waals surface area contributed by atoms with Gasteiger partial charge >= 0.3 is 0 Å². The van der Waals surface area contributed by atoms with Crippen molar-refractivity contribution in [3.8, 4) is 11.5 Å². The average molecular weight is 593 g/mol. The molecule has 0 amide bonds. The maximum absolute atomic E-state index is 11.2. The van der Waals surface area contributed by atoms with Crippen molar-refractivity contribution < 1.29 is 10.2 Å². The SMILES string of the molecule is CC/N=C/c1cc(C(C)(C)C)cc(CN(CCCN(Cc2cc(C(C)(C)C)cc(/C=N/CC)c2O)C(C)C)C(C)C)c1O. The largest absolute Gasteiger partial charge is 0.507 e. The predicted octanol–water partition coefficient (Wildman–Crippen LogP) is 8.08. The fourth-order valence-electron chi connectivity index (χ4n) is 5.08. The van der Waals surface area contributed by atoms with Gasteiger partial charge in [-0.25, -0.2) is 0 Å². The monoisotopic (exact) mass is 592 g/mol. The van der Waals surface area contributed by atoms with Crippen molar-refractivity contribution >= 4 is 12.4 Å². The molecule has 0 aliphatic carbocycles. The Morgan fingerprint density at radius 1 is 0.651 bits per heavy atom. The highest BCUT2D eigenvalue weighted by Gasteiger charge is 2.23. The summed E-state index contributed by atoms with van der Waals surface area (Å²) in [5.41, 5.74) is 5.82. The Bertz CT molecular complexity index is 1140. The maximum Gasteiger partial charge on any atom is 0.128 e. The predicted molar refractivity (Wildman–Crippen MR) is 186 cm³/mol. The minimum atomic E-state index is -0.0320. The second-order valence-electron chi connectivity index (χ2n) is 14.4. The lowest BCUT2D eigenvalue weighted by molar-refractivity contribution is 0.167. The smallest absolute Gasteiger partial charge is 0.128 e. The average Bonchev–Trinajstić information content (AvgIpc) is 2.90. The number of rotatable bonds is 14. The molecular weight excluding hydrogens is 532 g/mol. The van der Waals surface area contributed by atoms with E-state index in [0.717, 1.165) is 41.8 Å². The summed E-state index contributed by atoms with van der Waals surface area (Å²) in [6.07, 6.45) is 4.58. The summed E-state index contributed by atoms with van der Waals surface area (Å²) in [4.78, 5) is 13.7. The van der Waals surface area contributed by atoms with E-state index < -0.39 is 0 Å².